The summed E-state index contributed by atoms with van der Waals surface area (Å²) in [7, 11) is 0. The summed E-state index contributed by atoms with van der Waals surface area (Å²) in [5.41, 5.74) is 12.2. The first-order chi connectivity index (χ1) is 20.8. The van der Waals surface area contributed by atoms with Gasteiger partial charge in [-0.15, -0.1) is 22.1 Å². The summed E-state index contributed by atoms with van der Waals surface area (Å²) in [4.78, 5) is 22.9. The molecule has 43 heavy (non-hydrogen) atoms. The molecule has 5 aromatic rings. The largest absolute Gasteiger partial charge is 2.00 e. The summed E-state index contributed by atoms with van der Waals surface area (Å²) >= 11 is 0. The van der Waals surface area contributed by atoms with Crippen LogP contribution in [0.3, 0.4) is 0 Å². The number of hydrogen-bond acceptors (Lipinski definition) is 4. The predicted molar refractivity (Wildman–Crippen MR) is 171 cm³/mol. The summed E-state index contributed by atoms with van der Waals surface area (Å²) in [5, 5.41) is 0. The van der Waals surface area contributed by atoms with Gasteiger partial charge in [0, 0.05) is 18.8 Å². The van der Waals surface area contributed by atoms with Crippen molar-refractivity contribution in [2.24, 2.45) is 0 Å². The number of anilines is 1. The minimum atomic E-state index is 0. The molecule has 0 saturated carbocycles. The fraction of sp³-hybridized carbons (Fsp3) is 0.111. The van der Waals surface area contributed by atoms with Crippen molar-refractivity contribution >= 4 is 52.1 Å². The van der Waals surface area contributed by atoms with Gasteiger partial charge < -0.3 is 19.6 Å². The normalized spacial score (nSPS) is 14.1. The third kappa shape index (κ3) is 5.12. The molecule has 0 aliphatic carbocycles. The van der Waals surface area contributed by atoms with Crippen molar-refractivity contribution in [1.29, 1.82) is 0 Å². The van der Waals surface area contributed by atoms with Gasteiger partial charge in [-0.3, -0.25) is 0 Å². The summed E-state index contributed by atoms with van der Waals surface area (Å²) in [6.07, 6.45) is 8.24. The van der Waals surface area contributed by atoms with Gasteiger partial charge in [0.1, 0.15) is 0 Å². The van der Waals surface area contributed by atoms with Crippen LogP contribution in [0.25, 0.3) is 68.6 Å². The summed E-state index contributed by atoms with van der Waals surface area (Å²) < 4.78 is 5.72. The quantitative estimate of drug-likeness (QED) is 0.201. The third-order valence-corrected chi connectivity index (χ3v) is 7.86. The van der Waals surface area contributed by atoms with Crippen molar-refractivity contribution in [2.75, 3.05) is 31.2 Å². The fourth-order valence-corrected chi connectivity index (χ4v) is 5.92. The zero-order valence-electron chi connectivity index (χ0n) is 23.3. The van der Waals surface area contributed by atoms with Gasteiger partial charge in [-0.2, -0.15) is 0 Å². The van der Waals surface area contributed by atoms with Crippen LogP contribution >= 0.6 is 0 Å². The zero-order valence-corrected chi connectivity index (χ0v) is 24.2. The molecule has 8 rings (SSSR count). The molecule has 3 aliphatic rings. The monoisotopic (exact) mass is 603 g/mol. The molecule has 3 aromatic heterocycles. The van der Waals surface area contributed by atoms with E-state index < -0.39 is 0 Å². The number of benzene rings is 2. The van der Waals surface area contributed by atoms with Crippen molar-refractivity contribution in [1.82, 2.24) is 19.9 Å². The van der Waals surface area contributed by atoms with Crippen LogP contribution in [-0.2, 0) is 21.2 Å². The first kappa shape index (κ1) is 27.1. The second kappa shape index (κ2) is 11.5. The molecule has 8 bridgehead atoms. The minimum Gasteiger partial charge on any atom is -0.656 e. The number of nitrogens with zero attached hydrogens (tertiary/aromatic N) is 5. The van der Waals surface area contributed by atoms with E-state index in [4.69, 9.17) is 24.7 Å². The van der Waals surface area contributed by atoms with Crippen LogP contribution in [0.15, 0.2) is 91.0 Å². The molecule has 1 saturated heterocycles. The van der Waals surface area contributed by atoms with Gasteiger partial charge in [0.15, 0.2) is 0 Å². The van der Waals surface area contributed by atoms with Crippen LogP contribution in [-0.4, -0.2) is 36.3 Å². The number of hydrogen-bond donors (Lipinski definition) is 0. The topological polar surface area (TPSA) is 66.5 Å². The molecule has 0 atom stereocenters. The van der Waals surface area contributed by atoms with Gasteiger partial charge in [0.25, 0.3) is 0 Å². The van der Waals surface area contributed by atoms with Crippen LogP contribution in [0.5, 0.6) is 0 Å². The van der Waals surface area contributed by atoms with E-state index in [9.17, 15) is 0 Å². The first-order valence-corrected chi connectivity index (χ1v) is 14.3. The molecule has 212 valence electrons. The molecule has 0 unspecified atom stereocenters. The average molecular weight is 604 g/mol. The Morgan fingerprint density at radius 3 is 1.51 bits per heavy atom. The van der Waals surface area contributed by atoms with Gasteiger partial charge in [-0.1, -0.05) is 84.9 Å². The van der Waals surface area contributed by atoms with E-state index in [1.165, 1.54) is 0 Å². The van der Waals surface area contributed by atoms with Crippen molar-refractivity contribution < 1.29 is 21.2 Å². The van der Waals surface area contributed by atoms with Crippen molar-refractivity contribution in [3.8, 4) is 22.3 Å². The van der Waals surface area contributed by atoms with Crippen LogP contribution in [0, 0.1) is 0 Å². The molecule has 0 N–H and O–H groups in total. The molecule has 1 fully saturated rings. The minimum absolute atomic E-state index is 0. The van der Waals surface area contributed by atoms with Gasteiger partial charge >= 0.3 is 16.5 Å². The van der Waals surface area contributed by atoms with Crippen LogP contribution in [0.4, 0.5) is 5.69 Å². The molecule has 7 heteroatoms. The molecule has 0 radical (unpaired) electrons. The molecule has 0 spiro atoms. The molecular weight excluding hydrogens is 577 g/mol. The van der Waals surface area contributed by atoms with E-state index >= 15 is 0 Å². The van der Waals surface area contributed by atoms with Crippen LogP contribution in [0.1, 0.15) is 22.8 Å². The Hall–Kier alpha value is -4.71. The van der Waals surface area contributed by atoms with Crippen molar-refractivity contribution in [2.45, 2.75) is 0 Å². The maximum Gasteiger partial charge on any atom is 2.00 e. The Morgan fingerprint density at radius 2 is 1.02 bits per heavy atom. The summed E-state index contributed by atoms with van der Waals surface area (Å²) in [5.74, 6) is 0. The molecule has 3 aliphatic heterocycles. The van der Waals surface area contributed by atoms with Gasteiger partial charge in [0.2, 0.25) is 0 Å². The van der Waals surface area contributed by atoms with Crippen molar-refractivity contribution in [3.63, 3.8) is 0 Å². The number of ether oxygens (including phenoxy) is 1. The van der Waals surface area contributed by atoms with Gasteiger partial charge in [-0.05, 0) is 52.6 Å². The van der Waals surface area contributed by atoms with Crippen LogP contribution in [0.2, 0.25) is 0 Å². The molecule has 0 amide bonds. The third-order valence-electron chi connectivity index (χ3n) is 7.86. The molecule has 6 nitrogen and oxygen atoms in total. The van der Waals surface area contributed by atoms with E-state index in [-0.39, 0.29) is 16.5 Å². The second-order valence-corrected chi connectivity index (χ2v) is 10.5. The van der Waals surface area contributed by atoms with Crippen LogP contribution < -0.4 is 14.9 Å². The Balaban J connectivity index is 0.00000300. The predicted octanol–water partition coefficient (Wildman–Crippen LogP) is 7.08. The van der Waals surface area contributed by atoms with Gasteiger partial charge in [-0.25, -0.2) is 9.97 Å². The Labute approximate surface area is 259 Å². The fourth-order valence-electron chi connectivity index (χ4n) is 5.92. The molecule has 6 heterocycles. The van der Waals surface area contributed by atoms with E-state index in [1.54, 1.807) is 0 Å². The van der Waals surface area contributed by atoms with E-state index in [2.05, 4.69) is 89.8 Å². The summed E-state index contributed by atoms with van der Waals surface area (Å²) in [6, 6.07) is 31.2. The van der Waals surface area contributed by atoms with Gasteiger partial charge in [0.05, 0.1) is 36.0 Å². The maximum atomic E-state index is 5.72. The first-order valence-electron chi connectivity index (χ1n) is 14.3. The maximum absolute atomic E-state index is 5.72. The Bertz CT molecular complexity index is 1880. The Kier molecular flexibility index (Phi) is 7.27. The van der Waals surface area contributed by atoms with E-state index in [0.717, 1.165) is 85.9 Å². The number of rotatable bonds is 3. The zero-order chi connectivity index (χ0) is 27.9. The number of fused-ring (bicyclic) bond motifs is 8. The number of aromatic nitrogens is 4. The van der Waals surface area contributed by atoms with E-state index in [1.807, 2.05) is 30.4 Å². The average Bonchev–Trinajstić information content (AvgIpc) is 3.86. The second-order valence-electron chi connectivity index (χ2n) is 10.5. The molecule has 2 aromatic carbocycles. The SMILES string of the molecule is C1=Cc2nc1cc1nc(c(-c3ccccc3)c3ccc([n-]3)c(N3CCOCC3)c3ccc([n-]3)c2-c2ccccc2)C=C1.[Ni+2]. The standard InChI is InChI=1S/C36H27N5O.Ni/c1-3-7-24(8-4-1)34-28-13-11-26(37-28)23-27-12-14-29(38-27)35(25-9-5-2-6-10-25)31-16-18-33(40-31)36(32-17-15-30(34)39-32)41-19-21-42-22-20-41;/h1-18,23H,19-22H2;/q-2;+2. The van der Waals surface area contributed by atoms with Crippen molar-refractivity contribution in [3.05, 3.63) is 114 Å². The summed E-state index contributed by atoms with van der Waals surface area (Å²) in [6.45, 7) is 2.90. The smallest absolute Gasteiger partial charge is 0.656 e. The molecular formula is C36H27N5NiO. The van der Waals surface area contributed by atoms with E-state index in [0.29, 0.717) is 13.2 Å². The number of morpholine rings is 1. The Morgan fingerprint density at radius 1 is 0.558 bits per heavy atom.